The lowest BCUT2D eigenvalue weighted by molar-refractivity contribution is 0.598. The Labute approximate surface area is 159 Å². The van der Waals surface area contributed by atoms with Crippen LogP contribution >= 0.6 is 11.3 Å². The highest BCUT2D eigenvalue weighted by Crippen LogP contribution is 2.36. The molecule has 0 saturated carbocycles. The van der Waals surface area contributed by atoms with Crippen molar-refractivity contribution < 1.29 is 8.42 Å². The van der Waals surface area contributed by atoms with Crippen LogP contribution < -0.4 is 10.6 Å². The quantitative estimate of drug-likeness (QED) is 0.574. The Bertz CT molecular complexity index is 1300. The van der Waals surface area contributed by atoms with Crippen molar-refractivity contribution in [2.24, 2.45) is 5.14 Å². The number of hydrogen-bond acceptors (Lipinski definition) is 5. The number of fused-ring (bicyclic) bond motifs is 1. The Hall–Kier alpha value is -2.87. The molecule has 0 aliphatic heterocycles. The minimum absolute atomic E-state index is 0.0323. The SMILES string of the molecule is NS(=O)(=O)c1ccc(-c2sc3ccccc3c(=O)c2-c2ccncc2)cc1. The van der Waals surface area contributed by atoms with E-state index in [4.69, 9.17) is 5.14 Å². The van der Waals surface area contributed by atoms with E-state index in [1.807, 2.05) is 24.3 Å². The number of nitrogens with two attached hydrogens (primary N) is 1. The van der Waals surface area contributed by atoms with Crippen LogP contribution in [0.4, 0.5) is 0 Å². The summed E-state index contributed by atoms with van der Waals surface area (Å²) in [6, 6.07) is 17.3. The maximum absolute atomic E-state index is 13.2. The topological polar surface area (TPSA) is 90.1 Å². The molecule has 2 aromatic carbocycles. The predicted molar refractivity (Wildman–Crippen MR) is 108 cm³/mol. The summed E-state index contributed by atoms with van der Waals surface area (Å²) in [6.45, 7) is 0. The highest BCUT2D eigenvalue weighted by atomic mass is 32.2. The lowest BCUT2D eigenvalue weighted by atomic mass is 10.0. The van der Waals surface area contributed by atoms with Crippen molar-refractivity contribution in [1.82, 2.24) is 4.98 Å². The second kappa shape index (κ2) is 6.70. The number of benzene rings is 2. The van der Waals surface area contributed by atoms with Crippen LogP contribution in [0.3, 0.4) is 0 Å². The Kier molecular flexibility index (Phi) is 4.35. The molecule has 2 N–H and O–H groups in total. The Morgan fingerprint density at radius 3 is 2.19 bits per heavy atom. The van der Waals surface area contributed by atoms with Gasteiger partial charge in [-0.1, -0.05) is 24.3 Å². The van der Waals surface area contributed by atoms with Crippen molar-refractivity contribution in [2.45, 2.75) is 4.90 Å². The molecule has 0 amide bonds. The summed E-state index contributed by atoms with van der Waals surface area (Å²) < 4.78 is 23.9. The zero-order valence-corrected chi connectivity index (χ0v) is 15.6. The maximum atomic E-state index is 13.2. The molecule has 0 saturated heterocycles. The van der Waals surface area contributed by atoms with Gasteiger partial charge in [0.05, 0.1) is 4.90 Å². The molecule has 7 heteroatoms. The smallest absolute Gasteiger partial charge is 0.238 e. The van der Waals surface area contributed by atoms with Crippen LogP contribution in [0, 0.1) is 0 Å². The van der Waals surface area contributed by atoms with Gasteiger partial charge < -0.3 is 0 Å². The van der Waals surface area contributed by atoms with Crippen molar-refractivity contribution in [3.05, 3.63) is 83.3 Å². The molecule has 4 aromatic rings. The molecule has 2 heterocycles. The molecule has 0 aliphatic rings. The van der Waals surface area contributed by atoms with E-state index < -0.39 is 10.0 Å². The largest absolute Gasteiger partial charge is 0.288 e. The summed E-state index contributed by atoms with van der Waals surface area (Å²) in [7, 11) is -3.77. The zero-order valence-electron chi connectivity index (χ0n) is 14.0. The second-order valence-corrected chi connectivity index (χ2v) is 8.55. The fraction of sp³-hybridized carbons (Fsp3) is 0. The minimum atomic E-state index is -3.77. The molecule has 134 valence electrons. The lowest BCUT2D eigenvalue weighted by Crippen LogP contribution is -2.11. The predicted octanol–water partition coefficient (Wildman–Crippen LogP) is 3.64. The van der Waals surface area contributed by atoms with E-state index in [0.29, 0.717) is 10.9 Å². The van der Waals surface area contributed by atoms with Crippen molar-refractivity contribution in [3.63, 3.8) is 0 Å². The van der Waals surface area contributed by atoms with Gasteiger partial charge in [-0.3, -0.25) is 9.78 Å². The van der Waals surface area contributed by atoms with E-state index in [0.717, 1.165) is 20.7 Å². The first-order valence-electron chi connectivity index (χ1n) is 8.04. The van der Waals surface area contributed by atoms with Gasteiger partial charge >= 0.3 is 0 Å². The van der Waals surface area contributed by atoms with Gasteiger partial charge in [-0.15, -0.1) is 11.3 Å². The number of primary sulfonamides is 1. The monoisotopic (exact) mass is 394 g/mol. The highest BCUT2D eigenvalue weighted by molar-refractivity contribution is 7.89. The third-order valence-corrected chi connectivity index (χ3v) is 6.36. The molecular formula is C20H14N2O3S2. The van der Waals surface area contributed by atoms with Gasteiger partial charge in [0.1, 0.15) is 0 Å². The molecule has 2 aromatic heterocycles. The van der Waals surface area contributed by atoms with E-state index >= 15 is 0 Å². The van der Waals surface area contributed by atoms with E-state index in [9.17, 15) is 13.2 Å². The van der Waals surface area contributed by atoms with Crippen molar-refractivity contribution in [2.75, 3.05) is 0 Å². The highest BCUT2D eigenvalue weighted by Gasteiger charge is 2.16. The van der Waals surface area contributed by atoms with Gasteiger partial charge in [0.25, 0.3) is 0 Å². The summed E-state index contributed by atoms with van der Waals surface area (Å²) in [5, 5.41) is 5.83. The molecule has 4 rings (SSSR count). The standard InChI is InChI=1S/C20H14N2O3S2/c21-27(24,25)15-7-5-14(6-8-15)20-18(13-9-11-22-12-10-13)19(23)16-3-1-2-4-17(16)26-20/h1-12H,(H2,21,24,25). The number of sulfonamides is 1. The fourth-order valence-corrected chi connectivity index (χ4v) is 4.64. The van der Waals surface area contributed by atoms with Crippen LogP contribution in [0.25, 0.3) is 31.7 Å². The van der Waals surface area contributed by atoms with Crippen LogP contribution in [-0.4, -0.2) is 13.4 Å². The van der Waals surface area contributed by atoms with Gasteiger partial charge in [-0.25, -0.2) is 13.6 Å². The number of pyridine rings is 1. The molecule has 0 spiro atoms. The zero-order chi connectivity index (χ0) is 19.0. The van der Waals surface area contributed by atoms with E-state index in [1.165, 1.54) is 23.5 Å². The molecule has 5 nitrogen and oxygen atoms in total. The first kappa shape index (κ1) is 17.5. The van der Waals surface area contributed by atoms with E-state index in [-0.39, 0.29) is 10.3 Å². The fourth-order valence-electron chi connectivity index (χ4n) is 2.92. The van der Waals surface area contributed by atoms with E-state index in [2.05, 4.69) is 4.98 Å². The van der Waals surface area contributed by atoms with Crippen LogP contribution in [0.5, 0.6) is 0 Å². The first-order chi connectivity index (χ1) is 12.9. The van der Waals surface area contributed by atoms with Gasteiger partial charge in [0, 0.05) is 32.9 Å². The molecule has 0 radical (unpaired) electrons. The number of nitrogens with zero attached hydrogens (tertiary/aromatic N) is 1. The molecular weight excluding hydrogens is 380 g/mol. The number of rotatable bonds is 3. The van der Waals surface area contributed by atoms with Gasteiger partial charge in [-0.2, -0.15) is 0 Å². The maximum Gasteiger partial charge on any atom is 0.238 e. The average Bonchev–Trinajstić information content (AvgIpc) is 2.68. The van der Waals surface area contributed by atoms with Crippen LogP contribution in [0.2, 0.25) is 0 Å². The van der Waals surface area contributed by atoms with Gasteiger partial charge in [-0.05, 0) is 47.5 Å². The van der Waals surface area contributed by atoms with Crippen molar-refractivity contribution in [1.29, 1.82) is 0 Å². The number of aromatic nitrogens is 1. The first-order valence-corrected chi connectivity index (χ1v) is 10.4. The van der Waals surface area contributed by atoms with Gasteiger partial charge in [0.15, 0.2) is 5.43 Å². The third kappa shape index (κ3) is 3.28. The van der Waals surface area contributed by atoms with Crippen LogP contribution in [0.15, 0.2) is 82.7 Å². The molecule has 0 atom stereocenters. The normalized spacial score (nSPS) is 11.6. The summed E-state index contributed by atoms with van der Waals surface area (Å²) in [5.74, 6) is 0. The minimum Gasteiger partial charge on any atom is -0.288 e. The van der Waals surface area contributed by atoms with Crippen LogP contribution in [-0.2, 0) is 10.0 Å². The summed E-state index contributed by atoms with van der Waals surface area (Å²) >= 11 is 1.49. The summed E-state index contributed by atoms with van der Waals surface area (Å²) in [6.07, 6.45) is 3.28. The molecule has 27 heavy (non-hydrogen) atoms. The molecule has 0 fully saturated rings. The van der Waals surface area contributed by atoms with Crippen LogP contribution in [0.1, 0.15) is 0 Å². The Balaban J connectivity index is 2.03. The second-order valence-electron chi connectivity index (χ2n) is 5.94. The molecule has 0 aliphatic carbocycles. The van der Waals surface area contributed by atoms with Crippen molar-refractivity contribution >= 4 is 31.4 Å². The Morgan fingerprint density at radius 1 is 0.852 bits per heavy atom. The Morgan fingerprint density at radius 2 is 1.52 bits per heavy atom. The average molecular weight is 394 g/mol. The summed E-state index contributed by atoms with van der Waals surface area (Å²) in [5.41, 5.74) is 2.02. The molecule has 0 unspecified atom stereocenters. The van der Waals surface area contributed by atoms with Crippen molar-refractivity contribution in [3.8, 4) is 21.6 Å². The lowest BCUT2D eigenvalue weighted by Gasteiger charge is -2.11. The summed E-state index contributed by atoms with van der Waals surface area (Å²) in [4.78, 5) is 18.0. The van der Waals surface area contributed by atoms with E-state index in [1.54, 1.807) is 36.7 Å². The number of hydrogen-bond donors (Lipinski definition) is 1. The third-order valence-electron chi connectivity index (χ3n) is 4.21. The molecule has 0 bridgehead atoms. The van der Waals surface area contributed by atoms with Gasteiger partial charge in [0.2, 0.25) is 10.0 Å².